The standard InChI is InChI=1S/C27H33IN2O4/c1-5-14-29(25(31)34-27(2,3)4)16-13-21-18-24-22(17-23(21)28)12-9-15-30(24)26(32)33-19-20-10-7-6-8-11-20/h5-8,10-11,17-18H,1,9,12-16,19H2,2-4H3. The van der Waals surface area contributed by atoms with E-state index in [1.165, 1.54) is 0 Å². The largest absolute Gasteiger partial charge is 0.444 e. The first kappa shape index (κ1) is 26.1. The Bertz CT molecular complexity index is 1020. The average Bonchev–Trinajstić information content (AvgIpc) is 2.79. The topological polar surface area (TPSA) is 59.1 Å². The molecule has 2 amide bonds. The number of halogens is 1. The SMILES string of the molecule is C=CCN(CCc1cc2c(cc1I)CCCN2C(=O)OCc1ccccc1)C(=O)OC(C)(C)C. The summed E-state index contributed by atoms with van der Waals surface area (Å²) in [4.78, 5) is 28.9. The summed E-state index contributed by atoms with van der Waals surface area (Å²) < 4.78 is 12.3. The fraction of sp³-hybridized carbons (Fsp3) is 0.407. The number of rotatable bonds is 7. The number of fused-ring (bicyclic) bond motifs is 1. The highest BCUT2D eigenvalue weighted by Crippen LogP contribution is 2.32. The Morgan fingerprint density at radius 2 is 1.94 bits per heavy atom. The minimum absolute atomic E-state index is 0.245. The molecule has 6 nitrogen and oxygen atoms in total. The van der Waals surface area contributed by atoms with Crippen LogP contribution in [-0.2, 0) is 28.9 Å². The lowest BCUT2D eigenvalue weighted by molar-refractivity contribution is 0.0274. The van der Waals surface area contributed by atoms with E-state index in [4.69, 9.17) is 9.47 Å². The lowest BCUT2D eigenvalue weighted by Gasteiger charge is -2.30. The molecule has 0 saturated carbocycles. The van der Waals surface area contributed by atoms with Gasteiger partial charge in [-0.2, -0.15) is 0 Å². The number of ether oxygens (including phenoxy) is 2. The van der Waals surface area contributed by atoms with Crippen LogP contribution in [0.4, 0.5) is 15.3 Å². The molecule has 2 aromatic rings. The van der Waals surface area contributed by atoms with E-state index in [9.17, 15) is 9.59 Å². The monoisotopic (exact) mass is 576 g/mol. The smallest absolute Gasteiger partial charge is 0.414 e. The highest BCUT2D eigenvalue weighted by molar-refractivity contribution is 14.1. The van der Waals surface area contributed by atoms with Crippen LogP contribution in [0.3, 0.4) is 0 Å². The first-order valence-corrected chi connectivity index (χ1v) is 12.6. The molecule has 0 radical (unpaired) electrons. The molecule has 7 heteroatoms. The summed E-state index contributed by atoms with van der Waals surface area (Å²) in [5.41, 5.74) is 3.52. The van der Waals surface area contributed by atoms with Crippen LogP contribution in [0, 0.1) is 3.57 Å². The molecule has 0 saturated heterocycles. The predicted octanol–water partition coefficient (Wildman–Crippen LogP) is 6.35. The second kappa shape index (κ2) is 11.7. The van der Waals surface area contributed by atoms with Crippen LogP contribution < -0.4 is 4.90 Å². The van der Waals surface area contributed by atoms with E-state index in [1.54, 1.807) is 15.9 Å². The molecular formula is C27H33IN2O4. The molecular weight excluding hydrogens is 543 g/mol. The number of carbonyl (C=O) groups excluding carboxylic acids is 2. The Morgan fingerprint density at radius 3 is 2.62 bits per heavy atom. The molecule has 0 fully saturated rings. The molecule has 2 aromatic carbocycles. The maximum Gasteiger partial charge on any atom is 0.414 e. The highest BCUT2D eigenvalue weighted by atomic mass is 127. The van der Waals surface area contributed by atoms with Crippen LogP contribution in [0.2, 0.25) is 0 Å². The number of amides is 2. The van der Waals surface area contributed by atoms with Crippen molar-refractivity contribution in [2.75, 3.05) is 24.5 Å². The number of benzene rings is 2. The van der Waals surface area contributed by atoms with Gasteiger partial charge >= 0.3 is 12.2 Å². The maximum absolute atomic E-state index is 12.9. The Kier molecular flexibility index (Phi) is 8.99. The van der Waals surface area contributed by atoms with Crippen LogP contribution in [0.15, 0.2) is 55.1 Å². The van der Waals surface area contributed by atoms with Gasteiger partial charge in [0.1, 0.15) is 12.2 Å². The molecule has 34 heavy (non-hydrogen) atoms. The fourth-order valence-electron chi connectivity index (χ4n) is 3.82. The van der Waals surface area contributed by atoms with Gasteiger partial charge in [-0.25, -0.2) is 9.59 Å². The van der Waals surface area contributed by atoms with Gasteiger partial charge in [0.15, 0.2) is 0 Å². The van der Waals surface area contributed by atoms with Gasteiger partial charge in [-0.05, 0) is 91.4 Å². The van der Waals surface area contributed by atoms with Crippen molar-refractivity contribution in [1.29, 1.82) is 0 Å². The van der Waals surface area contributed by atoms with E-state index < -0.39 is 5.60 Å². The molecule has 0 N–H and O–H groups in total. The third-order valence-corrected chi connectivity index (χ3v) is 6.45. The third kappa shape index (κ3) is 7.22. The molecule has 1 aliphatic rings. The van der Waals surface area contributed by atoms with Gasteiger partial charge < -0.3 is 14.4 Å². The van der Waals surface area contributed by atoms with E-state index in [1.807, 2.05) is 51.1 Å². The number of carbonyl (C=O) groups is 2. The van der Waals surface area contributed by atoms with Gasteiger partial charge in [0.2, 0.25) is 0 Å². The molecule has 0 bridgehead atoms. The van der Waals surface area contributed by atoms with Crippen molar-refractivity contribution < 1.29 is 19.1 Å². The van der Waals surface area contributed by atoms with E-state index in [0.29, 0.717) is 26.1 Å². The molecule has 1 aliphatic heterocycles. The quantitative estimate of drug-likeness (QED) is 0.285. The number of aryl methyl sites for hydroxylation is 1. The first-order chi connectivity index (χ1) is 16.2. The Labute approximate surface area is 216 Å². The normalized spacial score (nSPS) is 13.1. The van der Waals surface area contributed by atoms with E-state index in [-0.39, 0.29) is 18.8 Å². The van der Waals surface area contributed by atoms with E-state index in [0.717, 1.165) is 38.8 Å². The van der Waals surface area contributed by atoms with Crippen LogP contribution in [-0.4, -0.2) is 42.3 Å². The second-order valence-electron chi connectivity index (χ2n) is 9.33. The Hall–Kier alpha value is -2.55. The van der Waals surface area contributed by atoms with Crippen molar-refractivity contribution in [1.82, 2.24) is 4.90 Å². The third-order valence-electron chi connectivity index (χ3n) is 5.44. The fourth-order valence-corrected chi connectivity index (χ4v) is 4.62. The van der Waals surface area contributed by atoms with Gasteiger partial charge in [-0.3, -0.25) is 4.90 Å². The minimum atomic E-state index is -0.558. The molecule has 0 aromatic heterocycles. The zero-order chi connectivity index (χ0) is 24.7. The van der Waals surface area contributed by atoms with E-state index >= 15 is 0 Å². The van der Waals surface area contributed by atoms with Crippen molar-refractivity contribution in [3.63, 3.8) is 0 Å². The van der Waals surface area contributed by atoms with Gasteiger partial charge in [0.05, 0.1) is 5.69 Å². The van der Waals surface area contributed by atoms with Crippen LogP contribution >= 0.6 is 22.6 Å². The summed E-state index contributed by atoms with van der Waals surface area (Å²) in [6.45, 7) is 11.1. The zero-order valence-corrected chi connectivity index (χ0v) is 22.3. The van der Waals surface area contributed by atoms with E-state index in [2.05, 4.69) is 41.3 Å². The Morgan fingerprint density at radius 1 is 1.21 bits per heavy atom. The molecule has 0 unspecified atom stereocenters. The number of nitrogens with zero attached hydrogens (tertiary/aromatic N) is 2. The van der Waals surface area contributed by atoms with Gasteiger partial charge in [-0.15, -0.1) is 6.58 Å². The lowest BCUT2D eigenvalue weighted by atomic mass is 9.98. The number of anilines is 1. The Balaban J connectivity index is 1.73. The van der Waals surface area contributed by atoms with Crippen LogP contribution in [0.5, 0.6) is 0 Å². The van der Waals surface area contributed by atoms with Crippen LogP contribution in [0.1, 0.15) is 43.9 Å². The summed E-state index contributed by atoms with van der Waals surface area (Å²) in [5, 5.41) is 0. The summed E-state index contributed by atoms with van der Waals surface area (Å²) >= 11 is 2.33. The second-order valence-corrected chi connectivity index (χ2v) is 10.5. The first-order valence-electron chi connectivity index (χ1n) is 11.6. The summed E-state index contributed by atoms with van der Waals surface area (Å²) in [6, 6.07) is 13.9. The van der Waals surface area contributed by atoms with Gasteiger partial charge in [0.25, 0.3) is 0 Å². The van der Waals surface area contributed by atoms with Crippen molar-refractivity contribution in [2.45, 2.75) is 52.2 Å². The molecule has 1 heterocycles. The van der Waals surface area contributed by atoms with Crippen molar-refractivity contribution in [2.24, 2.45) is 0 Å². The minimum Gasteiger partial charge on any atom is -0.444 e. The summed E-state index contributed by atoms with van der Waals surface area (Å²) in [5.74, 6) is 0. The average molecular weight is 576 g/mol. The van der Waals surface area contributed by atoms with Gasteiger partial charge in [-0.1, -0.05) is 36.4 Å². The number of hydrogen-bond donors (Lipinski definition) is 0. The molecule has 0 spiro atoms. The number of hydrogen-bond acceptors (Lipinski definition) is 4. The molecule has 0 aliphatic carbocycles. The highest BCUT2D eigenvalue weighted by Gasteiger charge is 2.26. The van der Waals surface area contributed by atoms with Crippen molar-refractivity contribution >= 4 is 40.5 Å². The summed E-state index contributed by atoms with van der Waals surface area (Å²) in [6.07, 6.45) is 3.48. The lowest BCUT2D eigenvalue weighted by Crippen LogP contribution is -2.38. The van der Waals surface area contributed by atoms with Crippen molar-refractivity contribution in [3.05, 3.63) is 75.4 Å². The summed E-state index contributed by atoms with van der Waals surface area (Å²) in [7, 11) is 0. The molecule has 0 atom stereocenters. The zero-order valence-electron chi connectivity index (χ0n) is 20.2. The maximum atomic E-state index is 12.9. The van der Waals surface area contributed by atoms with Crippen molar-refractivity contribution in [3.8, 4) is 0 Å². The molecule has 182 valence electrons. The predicted molar refractivity (Wildman–Crippen MR) is 143 cm³/mol. The van der Waals surface area contributed by atoms with Crippen LogP contribution in [0.25, 0.3) is 0 Å². The molecule has 3 rings (SSSR count). The van der Waals surface area contributed by atoms with Gasteiger partial charge in [0, 0.05) is 23.2 Å².